The van der Waals surface area contributed by atoms with E-state index < -0.39 is 15.8 Å². The Bertz CT molecular complexity index is 993. The average Bonchev–Trinajstić information content (AvgIpc) is 2.67. The molecule has 1 amide bonds. The van der Waals surface area contributed by atoms with E-state index >= 15 is 0 Å². The number of halogens is 1. The van der Waals surface area contributed by atoms with Crippen LogP contribution in [-0.4, -0.2) is 47.9 Å². The minimum absolute atomic E-state index is 0.00582. The number of pyridine rings is 1. The van der Waals surface area contributed by atoms with Gasteiger partial charge in [-0.05, 0) is 67.5 Å². The Hall–Kier alpha value is -2.52. The third-order valence-electron chi connectivity index (χ3n) is 5.84. The summed E-state index contributed by atoms with van der Waals surface area (Å²) in [6.45, 7) is 0.903. The standard InChI is InChI=1S/C20H22FN3O4S/c21-14-1-4-17(5-2-14)29(27,28)24-12-20(13-24)9-7-15(8-10-20)23-19(26)18-6-3-16(25)11-22-18/h1-6,11,15,25H,7-10,12-13H2,(H,23,26). The number of nitrogens with zero attached hydrogens (tertiary/aromatic N) is 2. The number of aromatic hydroxyl groups is 1. The lowest BCUT2D eigenvalue weighted by Gasteiger charge is -2.52. The van der Waals surface area contributed by atoms with Crippen molar-refractivity contribution in [3.05, 3.63) is 54.1 Å². The van der Waals surface area contributed by atoms with Crippen molar-refractivity contribution in [1.82, 2.24) is 14.6 Å². The lowest BCUT2D eigenvalue weighted by Crippen LogP contribution is -2.60. The highest BCUT2D eigenvalue weighted by molar-refractivity contribution is 7.89. The monoisotopic (exact) mass is 419 g/mol. The molecular weight excluding hydrogens is 397 g/mol. The van der Waals surface area contributed by atoms with Crippen LogP contribution in [0.3, 0.4) is 0 Å². The van der Waals surface area contributed by atoms with Gasteiger partial charge < -0.3 is 10.4 Å². The van der Waals surface area contributed by atoms with Gasteiger partial charge in [0.05, 0.1) is 11.1 Å². The van der Waals surface area contributed by atoms with Crippen LogP contribution in [0.2, 0.25) is 0 Å². The maximum Gasteiger partial charge on any atom is 0.270 e. The number of carbonyl (C=O) groups excluding carboxylic acids is 1. The summed E-state index contributed by atoms with van der Waals surface area (Å²) in [6.07, 6.45) is 4.44. The molecule has 1 spiro atoms. The summed E-state index contributed by atoms with van der Waals surface area (Å²) >= 11 is 0. The van der Waals surface area contributed by atoms with Crippen molar-refractivity contribution in [2.45, 2.75) is 36.6 Å². The van der Waals surface area contributed by atoms with E-state index in [9.17, 15) is 22.7 Å². The van der Waals surface area contributed by atoms with Crippen molar-refractivity contribution in [3.63, 3.8) is 0 Å². The highest BCUT2D eigenvalue weighted by atomic mass is 32.2. The molecule has 4 rings (SSSR count). The van der Waals surface area contributed by atoms with E-state index in [1.165, 1.54) is 34.8 Å². The van der Waals surface area contributed by atoms with Gasteiger partial charge in [-0.2, -0.15) is 4.31 Å². The van der Waals surface area contributed by atoms with Crippen LogP contribution in [0.25, 0.3) is 0 Å². The Morgan fingerprint density at radius 1 is 1.14 bits per heavy atom. The van der Waals surface area contributed by atoms with Crippen LogP contribution in [0.15, 0.2) is 47.5 Å². The number of rotatable bonds is 4. The normalized spacial score (nSPS) is 19.6. The quantitative estimate of drug-likeness (QED) is 0.792. The maximum atomic E-state index is 13.1. The van der Waals surface area contributed by atoms with Gasteiger partial charge in [0.15, 0.2) is 0 Å². The lowest BCUT2D eigenvalue weighted by atomic mass is 9.68. The van der Waals surface area contributed by atoms with E-state index in [-0.39, 0.29) is 33.7 Å². The fraction of sp³-hybridized carbons (Fsp3) is 0.400. The third-order valence-corrected chi connectivity index (χ3v) is 7.64. The van der Waals surface area contributed by atoms with E-state index in [1.54, 1.807) is 0 Å². The van der Waals surface area contributed by atoms with Gasteiger partial charge in [0, 0.05) is 19.1 Å². The van der Waals surface area contributed by atoms with Crippen molar-refractivity contribution < 1.29 is 22.7 Å². The van der Waals surface area contributed by atoms with Crippen LogP contribution in [0.5, 0.6) is 5.75 Å². The van der Waals surface area contributed by atoms with E-state index in [0.29, 0.717) is 13.1 Å². The minimum Gasteiger partial charge on any atom is -0.506 e. The Balaban J connectivity index is 1.31. The number of carbonyl (C=O) groups is 1. The second kappa shape index (κ2) is 7.38. The van der Waals surface area contributed by atoms with Gasteiger partial charge in [0.2, 0.25) is 10.0 Å². The number of aromatic nitrogens is 1. The first kappa shape index (κ1) is 19.8. The molecular formula is C20H22FN3O4S. The molecule has 2 heterocycles. The number of sulfonamides is 1. The third kappa shape index (κ3) is 3.97. The molecule has 0 radical (unpaired) electrons. The Kier molecular flexibility index (Phi) is 5.04. The maximum absolute atomic E-state index is 13.1. The average molecular weight is 419 g/mol. The molecule has 29 heavy (non-hydrogen) atoms. The molecule has 1 saturated carbocycles. The zero-order chi connectivity index (χ0) is 20.6. The molecule has 0 unspecified atom stereocenters. The number of benzene rings is 1. The minimum atomic E-state index is -3.60. The van der Waals surface area contributed by atoms with Gasteiger partial charge in [-0.25, -0.2) is 17.8 Å². The van der Waals surface area contributed by atoms with E-state index in [2.05, 4.69) is 10.3 Å². The Morgan fingerprint density at radius 2 is 1.79 bits per heavy atom. The zero-order valence-electron chi connectivity index (χ0n) is 15.7. The summed E-state index contributed by atoms with van der Waals surface area (Å²) < 4.78 is 39.8. The lowest BCUT2D eigenvalue weighted by molar-refractivity contribution is 0.0215. The van der Waals surface area contributed by atoms with Crippen LogP contribution in [0.1, 0.15) is 36.2 Å². The smallest absolute Gasteiger partial charge is 0.270 e. The largest absolute Gasteiger partial charge is 0.506 e. The van der Waals surface area contributed by atoms with E-state index in [4.69, 9.17) is 0 Å². The molecule has 2 N–H and O–H groups in total. The van der Waals surface area contributed by atoms with Gasteiger partial charge in [-0.3, -0.25) is 4.79 Å². The summed E-state index contributed by atoms with van der Waals surface area (Å²) in [4.78, 5) is 16.3. The van der Waals surface area contributed by atoms with Crippen molar-refractivity contribution in [1.29, 1.82) is 0 Å². The first-order valence-electron chi connectivity index (χ1n) is 9.49. The molecule has 2 aromatic rings. The second-order valence-electron chi connectivity index (χ2n) is 7.88. The molecule has 9 heteroatoms. The van der Waals surface area contributed by atoms with Crippen molar-refractivity contribution in [2.75, 3.05) is 13.1 Å². The van der Waals surface area contributed by atoms with E-state index in [0.717, 1.165) is 37.8 Å². The summed E-state index contributed by atoms with van der Waals surface area (Å²) in [7, 11) is -3.60. The predicted octanol–water partition coefficient (Wildman–Crippen LogP) is 2.29. The zero-order valence-corrected chi connectivity index (χ0v) is 16.5. The number of hydrogen-bond donors (Lipinski definition) is 2. The molecule has 2 fully saturated rings. The highest BCUT2D eigenvalue weighted by Crippen LogP contribution is 2.45. The van der Waals surface area contributed by atoms with Gasteiger partial charge in [-0.15, -0.1) is 0 Å². The SMILES string of the molecule is O=C(NC1CCC2(CC1)CN(S(=O)(=O)c1ccc(F)cc1)C2)c1ccc(O)cn1. The van der Waals surface area contributed by atoms with E-state index in [1.807, 2.05) is 0 Å². The van der Waals surface area contributed by atoms with Gasteiger partial charge in [0.1, 0.15) is 17.3 Å². The molecule has 1 saturated heterocycles. The van der Waals surface area contributed by atoms with Crippen molar-refractivity contribution in [2.24, 2.45) is 5.41 Å². The molecule has 0 atom stereocenters. The molecule has 0 bridgehead atoms. The number of nitrogens with one attached hydrogen (secondary N) is 1. The van der Waals surface area contributed by atoms with Crippen molar-refractivity contribution in [3.8, 4) is 5.75 Å². The molecule has 1 aromatic carbocycles. The van der Waals surface area contributed by atoms with Gasteiger partial charge in [-0.1, -0.05) is 0 Å². The number of hydrogen-bond acceptors (Lipinski definition) is 5. The first-order valence-corrected chi connectivity index (χ1v) is 10.9. The summed E-state index contributed by atoms with van der Waals surface area (Å²) in [5.41, 5.74) is 0.203. The second-order valence-corrected chi connectivity index (χ2v) is 9.81. The summed E-state index contributed by atoms with van der Waals surface area (Å²) in [6, 6.07) is 7.80. The van der Waals surface area contributed by atoms with Crippen LogP contribution < -0.4 is 5.32 Å². The topological polar surface area (TPSA) is 99.6 Å². The van der Waals surface area contributed by atoms with Gasteiger partial charge >= 0.3 is 0 Å². The molecule has 1 aliphatic heterocycles. The fourth-order valence-electron chi connectivity index (χ4n) is 4.10. The molecule has 7 nitrogen and oxygen atoms in total. The Morgan fingerprint density at radius 3 is 2.38 bits per heavy atom. The fourth-order valence-corrected chi connectivity index (χ4v) is 5.76. The van der Waals surface area contributed by atoms with Crippen LogP contribution >= 0.6 is 0 Å². The summed E-state index contributed by atoms with van der Waals surface area (Å²) in [5, 5.41) is 12.2. The molecule has 2 aliphatic rings. The van der Waals surface area contributed by atoms with Crippen LogP contribution in [0.4, 0.5) is 4.39 Å². The predicted molar refractivity (Wildman–Crippen MR) is 103 cm³/mol. The number of amides is 1. The van der Waals surface area contributed by atoms with Crippen LogP contribution in [-0.2, 0) is 10.0 Å². The molecule has 1 aliphatic carbocycles. The molecule has 1 aromatic heterocycles. The summed E-state index contributed by atoms with van der Waals surface area (Å²) in [5.74, 6) is -0.738. The first-order chi connectivity index (χ1) is 13.8. The Labute approximate surface area is 168 Å². The highest BCUT2D eigenvalue weighted by Gasteiger charge is 2.49. The van der Waals surface area contributed by atoms with Gasteiger partial charge in [0.25, 0.3) is 5.91 Å². The molecule has 154 valence electrons. The van der Waals surface area contributed by atoms with Crippen molar-refractivity contribution >= 4 is 15.9 Å². The van der Waals surface area contributed by atoms with Crippen LogP contribution in [0, 0.1) is 11.2 Å².